The molecule has 0 atom stereocenters. The molecule has 2 rings (SSSR count). The maximum atomic E-state index is 13.3. The molecule has 22 heavy (non-hydrogen) atoms. The molecule has 0 aliphatic rings. The van der Waals surface area contributed by atoms with Gasteiger partial charge in [0.15, 0.2) is 18.2 Å². The van der Waals surface area contributed by atoms with Gasteiger partial charge < -0.3 is 10.1 Å². The number of nitrogens with one attached hydrogen (secondary N) is 1. The number of nitro groups is 1. The van der Waals surface area contributed by atoms with E-state index in [-0.39, 0.29) is 18.0 Å². The highest BCUT2D eigenvalue weighted by atomic mass is 79.9. The lowest BCUT2D eigenvalue weighted by atomic mass is 10.3. The van der Waals surface area contributed by atoms with E-state index in [1.165, 1.54) is 36.4 Å². The molecule has 8 heteroatoms. The molecule has 0 saturated heterocycles. The Labute approximate surface area is 133 Å². The van der Waals surface area contributed by atoms with E-state index in [2.05, 4.69) is 21.2 Å². The summed E-state index contributed by atoms with van der Waals surface area (Å²) in [6.45, 7) is -0.385. The molecule has 1 N–H and O–H groups in total. The third-order valence-electron chi connectivity index (χ3n) is 2.63. The van der Waals surface area contributed by atoms with Crippen LogP contribution >= 0.6 is 15.9 Å². The molecule has 0 aliphatic carbocycles. The topological polar surface area (TPSA) is 81.5 Å². The quantitative estimate of drug-likeness (QED) is 0.646. The Bertz CT molecular complexity index is 724. The fraction of sp³-hybridized carbons (Fsp3) is 0.0714. The minimum atomic E-state index is -0.563. The number of rotatable bonds is 5. The van der Waals surface area contributed by atoms with Crippen LogP contribution < -0.4 is 10.1 Å². The normalized spacial score (nSPS) is 10.1. The monoisotopic (exact) mass is 368 g/mol. The zero-order valence-electron chi connectivity index (χ0n) is 11.1. The molecule has 0 unspecified atom stereocenters. The number of benzene rings is 2. The predicted octanol–water partition coefficient (Wildman–Crippen LogP) is 3.51. The van der Waals surface area contributed by atoms with Gasteiger partial charge in [-0.3, -0.25) is 14.9 Å². The van der Waals surface area contributed by atoms with Crippen molar-refractivity contribution in [3.63, 3.8) is 0 Å². The Morgan fingerprint density at radius 2 is 2.05 bits per heavy atom. The molecule has 0 bridgehead atoms. The van der Waals surface area contributed by atoms with Gasteiger partial charge in [0.2, 0.25) is 0 Å². The second-order valence-corrected chi connectivity index (χ2v) is 5.04. The molecule has 1 amide bonds. The number of amides is 1. The highest BCUT2D eigenvalue weighted by Gasteiger charge is 2.12. The average Bonchev–Trinajstić information content (AvgIpc) is 2.48. The number of para-hydroxylation sites is 1. The smallest absolute Gasteiger partial charge is 0.270 e. The van der Waals surface area contributed by atoms with Crippen LogP contribution in [0.2, 0.25) is 0 Å². The minimum absolute atomic E-state index is 0.0274. The minimum Gasteiger partial charge on any atom is -0.481 e. The van der Waals surface area contributed by atoms with Crippen LogP contribution in [0.1, 0.15) is 0 Å². The number of anilines is 1. The highest BCUT2D eigenvalue weighted by molar-refractivity contribution is 9.10. The van der Waals surface area contributed by atoms with Crippen molar-refractivity contribution in [1.29, 1.82) is 0 Å². The van der Waals surface area contributed by atoms with E-state index in [1.54, 1.807) is 6.07 Å². The van der Waals surface area contributed by atoms with Crippen LogP contribution in [0.4, 0.5) is 15.8 Å². The van der Waals surface area contributed by atoms with Crippen molar-refractivity contribution in [1.82, 2.24) is 0 Å². The maximum absolute atomic E-state index is 13.3. The first-order chi connectivity index (χ1) is 10.5. The standard InChI is InChI=1S/C14H10BrFN2O4/c15-10-7-9(18(20)21)5-6-12(10)17-14(19)8-22-13-4-2-1-3-11(13)16/h1-7H,8H2,(H,17,19). The molecule has 114 valence electrons. The number of nitro benzene ring substituents is 1. The second-order valence-electron chi connectivity index (χ2n) is 4.19. The van der Waals surface area contributed by atoms with Crippen molar-refractivity contribution in [3.8, 4) is 5.75 Å². The van der Waals surface area contributed by atoms with Gasteiger partial charge in [0, 0.05) is 16.6 Å². The molecule has 0 radical (unpaired) electrons. The summed E-state index contributed by atoms with van der Waals surface area (Å²) < 4.78 is 18.7. The van der Waals surface area contributed by atoms with Crippen molar-refractivity contribution in [2.45, 2.75) is 0 Å². The Hall–Kier alpha value is -2.48. The van der Waals surface area contributed by atoms with E-state index in [4.69, 9.17) is 4.74 Å². The zero-order valence-corrected chi connectivity index (χ0v) is 12.7. The van der Waals surface area contributed by atoms with Crippen molar-refractivity contribution >= 4 is 33.2 Å². The Morgan fingerprint density at radius 3 is 2.68 bits per heavy atom. The molecular weight excluding hydrogens is 359 g/mol. The fourth-order valence-corrected chi connectivity index (χ4v) is 2.08. The maximum Gasteiger partial charge on any atom is 0.270 e. The summed E-state index contributed by atoms with van der Waals surface area (Å²) in [5.41, 5.74) is 0.250. The first-order valence-electron chi connectivity index (χ1n) is 6.08. The van der Waals surface area contributed by atoms with E-state index < -0.39 is 16.6 Å². The summed E-state index contributed by atoms with van der Waals surface area (Å²) in [5.74, 6) is -1.11. The van der Waals surface area contributed by atoms with E-state index >= 15 is 0 Å². The summed E-state index contributed by atoms with van der Waals surface area (Å²) in [7, 11) is 0. The first-order valence-corrected chi connectivity index (χ1v) is 6.88. The van der Waals surface area contributed by atoms with Gasteiger partial charge in [0.25, 0.3) is 11.6 Å². The molecule has 2 aromatic carbocycles. The number of hydrogen-bond donors (Lipinski definition) is 1. The van der Waals surface area contributed by atoms with Crippen LogP contribution in [0.3, 0.4) is 0 Å². The number of halogens is 2. The van der Waals surface area contributed by atoms with E-state index in [0.717, 1.165) is 0 Å². The van der Waals surface area contributed by atoms with Gasteiger partial charge in [-0.05, 0) is 34.1 Å². The Kier molecular flexibility index (Phi) is 5.05. The number of carbonyl (C=O) groups excluding carboxylic acids is 1. The summed E-state index contributed by atoms with van der Waals surface area (Å²) >= 11 is 3.13. The SMILES string of the molecule is O=C(COc1ccccc1F)Nc1ccc([N+](=O)[O-])cc1Br. The van der Waals surface area contributed by atoms with Gasteiger partial charge in [-0.25, -0.2) is 4.39 Å². The molecular formula is C14H10BrFN2O4. The lowest BCUT2D eigenvalue weighted by Crippen LogP contribution is -2.20. The predicted molar refractivity (Wildman–Crippen MR) is 81.3 cm³/mol. The van der Waals surface area contributed by atoms with Crippen LogP contribution in [-0.4, -0.2) is 17.4 Å². The summed E-state index contributed by atoms with van der Waals surface area (Å²) in [5, 5.41) is 13.1. The van der Waals surface area contributed by atoms with Crippen molar-refractivity contribution in [2.24, 2.45) is 0 Å². The molecule has 6 nitrogen and oxygen atoms in total. The van der Waals surface area contributed by atoms with Gasteiger partial charge >= 0.3 is 0 Å². The van der Waals surface area contributed by atoms with Gasteiger partial charge in [-0.2, -0.15) is 0 Å². The molecule has 2 aromatic rings. The Morgan fingerprint density at radius 1 is 1.32 bits per heavy atom. The van der Waals surface area contributed by atoms with Gasteiger partial charge in [-0.1, -0.05) is 12.1 Å². The number of ether oxygens (including phenoxy) is 1. The lowest BCUT2D eigenvalue weighted by molar-refractivity contribution is -0.384. The third kappa shape index (κ3) is 4.01. The summed E-state index contributed by atoms with van der Waals surface area (Å²) in [6, 6.07) is 9.65. The molecule has 0 aliphatic heterocycles. The van der Waals surface area contributed by atoms with Crippen molar-refractivity contribution < 1.29 is 18.8 Å². The van der Waals surface area contributed by atoms with Crippen LogP contribution in [0, 0.1) is 15.9 Å². The molecule has 0 heterocycles. The van der Waals surface area contributed by atoms with Crippen LogP contribution in [0.5, 0.6) is 5.75 Å². The number of carbonyl (C=O) groups is 1. The number of hydrogen-bond acceptors (Lipinski definition) is 4. The highest BCUT2D eigenvalue weighted by Crippen LogP contribution is 2.27. The van der Waals surface area contributed by atoms with Crippen molar-refractivity contribution in [3.05, 3.63) is 62.9 Å². The average molecular weight is 369 g/mol. The largest absolute Gasteiger partial charge is 0.481 e. The lowest BCUT2D eigenvalue weighted by Gasteiger charge is -2.09. The number of nitrogens with zero attached hydrogens (tertiary/aromatic N) is 1. The molecule has 0 aromatic heterocycles. The van der Waals surface area contributed by atoms with E-state index in [9.17, 15) is 19.3 Å². The Balaban J connectivity index is 1.98. The summed E-state index contributed by atoms with van der Waals surface area (Å²) in [6.07, 6.45) is 0. The molecule has 0 saturated carbocycles. The second kappa shape index (κ2) is 6.99. The van der Waals surface area contributed by atoms with Gasteiger partial charge in [0.05, 0.1) is 10.6 Å². The summed E-state index contributed by atoms with van der Waals surface area (Å²) in [4.78, 5) is 21.8. The zero-order chi connectivity index (χ0) is 16.1. The van der Waals surface area contributed by atoms with Gasteiger partial charge in [0.1, 0.15) is 0 Å². The molecule has 0 spiro atoms. The van der Waals surface area contributed by atoms with Crippen LogP contribution in [0.15, 0.2) is 46.9 Å². The van der Waals surface area contributed by atoms with E-state index in [0.29, 0.717) is 10.2 Å². The van der Waals surface area contributed by atoms with Crippen LogP contribution in [-0.2, 0) is 4.79 Å². The third-order valence-corrected chi connectivity index (χ3v) is 3.29. The van der Waals surface area contributed by atoms with Crippen LogP contribution in [0.25, 0.3) is 0 Å². The van der Waals surface area contributed by atoms with Gasteiger partial charge in [-0.15, -0.1) is 0 Å². The number of non-ortho nitro benzene ring substituents is 1. The fourth-order valence-electron chi connectivity index (χ4n) is 1.61. The van der Waals surface area contributed by atoms with Crippen molar-refractivity contribution in [2.75, 3.05) is 11.9 Å². The molecule has 0 fully saturated rings. The first kappa shape index (κ1) is 15.9. The van der Waals surface area contributed by atoms with E-state index in [1.807, 2.05) is 0 Å².